The Bertz CT molecular complexity index is 80.7. The minimum absolute atomic E-state index is 0. The molecule has 2 N–H and O–H groups in total. The van der Waals surface area contributed by atoms with Crippen molar-refractivity contribution in [2.45, 2.75) is 50.8 Å². The predicted molar refractivity (Wildman–Crippen MR) is 57.6 cm³/mol. The van der Waals surface area contributed by atoms with Gasteiger partial charge in [-0.2, -0.15) is 12.6 Å². The van der Waals surface area contributed by atoms with Crippen LogP contribution in [0.3, 0.4) is 0 Å². The fourth-order valence-electron chi connectivity index (χ4n) is 0.910. The zero-order valence-electron chi connectivity index (χ0n) is 7.47. The van der Waals surface area contributed by atoms with Crippen LogP contribution in [0.25, 0.3) is 0 Å². The van der Waals surface area contributed by atoms with E-state index >= 15 is 0 Å². The number of unbranched alkanes of at least 4 members (excludes halogenated alkanes) is 3. The van der Waals surface area contributed by atoms with Gasteiger partial charge >= 0.3 is 0 Å². The maximum Gasteiger partial charge on any atom is 0.0562 e. The molecule has 0 aromatic carbocycles. The molecule has 0 aliphatic heterocycles. The monoisotopic (exact) mass is 197 g/mol. The molecule has 0 spiro atoms. The third-order valence-corrected chi connectivity index (χ3v) is 1.76. The van der Waals surface area contributed by atoms with Gasteiger partial charge in [0.1, 0.15) is 0 Å². The number of thiol groups is 1. The van der Waals surface area contributed by atoms with Gasteiger partial charge in [-0.15, -0.1) is 12.4 Å². The van der Waals surface area contributed by atoms with Crippen molar-refractivity contribution in [3.8, 4) is 0 Å². The van der Waals surface area contributed by atoms with E-state index < -0.39 is 0 Å². The van der Waals surface area contributed by atoms with Crippen molar-refractivity contribution in [1.29, 1.82) is 0 Å². The Balaban J connectivity index is 0. The van der Waals surface area contributed by atoms with Gasteiger partial charge in [0, 0.05) is 0 Å². The molecule has 70 valence electrons. The first-order valence-corrected chi connectivity index (χ1v) is 4.52. The number of rotatable bonds is 5. The van der Waals surface area contributed by atoms with E-state index in [9.17, 15) is 0 Å². The van der Waals surface area contributed by atoms with Crippen LogP contribution >= 0.6 is 25.0 Å². The summed E-state index contributed by atoms with van der Waals surface area (Å²) in [7, 11) is 0. The highest BCUT2D eigenvalue weighted by atomic mass is 35.5. The van der Waals surface area contributed by atoms with E-state index in [1.54, 1.807) is 0 Å². The van der Waals surface area contributed by atoms with Crippen molar-refractivity contribution in [3.63, 3.8) is 0 Å². The van der Waals surface area contributed by atoms with Crippen LogP contribution in [0.5, 0.6) is 0 Å². The quantitative estimate of drug-likeness (QED) is 0.396. The molecule has 0 aromatic heterocycles. The zero-order chi connectivity index (χ0) is 8.04. The van der Waals surface area contributed by atoms with Crippen molar-refractivity contribution >= 4 is 25.0 Å². The zero-order valence-corrected chi connectivity index (χ0v) is 9.18. The Morgan fingerprint density at radius 2 is 1.82 bits per heavy atom. The standard InChI is InChI=1S/C8H19NS.ClH/c1-3-4-5-6-7-8(2,9)10;/h10H,3-7,9H2,1-2H3;1H. The number of nitrogens with two attached hydrogens (primary N) is 1. The first kappa shape index (κ1) is 14.1. The highest BCUT2D eigenvalue weighted by Crippen LogP contribution is 2.15. The van der Waals surface area contributed by atoms with Crippen molar-refractivity contribution in [1.82, 2.24) is 0 Å². The van der Waals surface area contributed by atoms with Gasteiger partial charge in [-0.05, 0) is 13.3 Å². The second-order valence-corrected chi connectivity index (χ2v) is 4.19. The molecule has 0 radical (unpaired) electrons. The van der Waals surface area contributed by atoms with Crippen molar-refractivity contribution < 1.29 is 0 Å². The lowest BCUT2D eigenvalue weighted by Gasteiger charge is -2.16. The Hall–Kier alpha value is 0.600. The van der Waals surface area contributed by atoms with Gasteiger partial charge in [0.15, 0.2) is 0 Å². The summed E-state index contributed by atoms with van der Waals surface area (Å²) >= 11 is 4.23. The van der Waals surface area contributed by atoms with Crippen molar-refractivity contribution in [2.75, 3.05) is 0 Å². The second kappa shape index (κ2) is 7.26. The molecule has 0 fully saturated rings. The Morgan fingerprint density at radius 3 is 2.18 bits per heavy atom. The molecule has 1 atom stereocenters. The third-order valence-electron chi connectivity index (χ3n) is 1.54. The third kappa shape index (κ3) is 13.6. The van der Waals surface area contributed by atoms with Gasteiger partial charge in [-0.1, -0.05) is 32.6 Å². The summed E-state index contributed by atoms with van der Waals surface area (Å²) in [5, 5.41) is 0. The average molecular weight is 198 g/mol. The highest BCUT2D eigenvalue weighted by Gasteiger charge is 2.09. The van der Waals surface area contributed by atoms with E-state index in [0.29, 0.717) is 0 Å². The summed E-state index contributed by atoms with van der Waals surface area (Å²) in [5.41, 5.74) is 5.68. The van der Waals surface area contributed by atoms with Gasteiger partial charge in [0.25, 0.3) is 0 Å². The highest BCUT2D eigenvalue weighted by molar-refractivity contribution is 7.81. The normalized spacial score (nSPS) is 15.3. The van der Waals surface area contributed by atoms with E-state index in [1.165, 1.54) is 25.7 Å². The molecular weight excluding hydrogens is 178 g/mol. The maximum atomic E-state index is 5.68. The molecule has 0 saturated carbocycles. The fraction of sp³-hybridized carbons (Fsp3) is 1.00. The van der Waals surface area contributed by atoms with E-state index in [-0.39, 0.29) is 17.3 Å². The molecule has 0 saturated heterocycles. The van der Waals surface area contributed by atoms with Gasteiger partial charge in [0.2, 0.25) is 0 Å². The van der Waals surface area contributed by atoms with Gasteiger partial charge in [-0.25, -0.2) is 0 Å². The molecule has 0 aliphatic rings. The average Bonchev–Trinajstić information content (AvgIpc) is 1.78. The summed E-state index contributed by atoms with van der Waals surface area (Å²) in [6, 6.07) is 0. The molecule has 0 amide bonds. The molecule has 0 heterocycles. The van der Waals surface area contributed by atoms with Crippen LogP contribution in [-0.2, 0) is 0 Å². The predicted octanol–water partition coefficient (Wildman–Crippen LogP) is 2.98. The SMILES string of the molecule is CCCCCCC(C)(N)S.Cl. The van der Waals surface area contributed by atoms with Crippen LogP contribution in [0.4, 0.5) is 0 Å². The number of hydrogen-bond acceptors (Lipinski definition) is 2. The first-order chi connectivity index (χ1) is 4.56. The lowest BCUT2D eigenvalue weighted by atomic mass is 10.1. The Kier molecular flexibility index (Phi) is 9.33. The van der Waals surface area contributed by atoms with Gasteiger partial charge < -0.3 is 5.73 Å². The van der Waals surface area contributed by atoms with Crippen LogP contribution in [-0.4, -0.2) is 4.87 Å². The Morgan fingerprint density at radius 1 is 1.27 bits per heavy atom. The van der Waals surface area contributed by atoms with E-state index in [4.69, 9.17) is 5.73 Å². The van der Waals surface area contributed by atoms with Crippen LogP contribution in [0, 0.1) is 0 Å². The largest absolute Gasteiger partial charge is 0.317 e. The van der Waals surface area contributed by atoms with Gasteiger partial charge in [-0.3, -0.25) is 0 Å². The summed E-state index contributed by atoms with van der Waals surface area (Å²) in [4.78, 5) is -0.256. The van der Waals surface area contributed by atoms with Crippen LogP contribution in [0.2, 0.25) is 0 Å². The molecule has 0 bridgehead atoms. The van der Waals surface area contributed by atoms with Crippen LogP contribution < -0.4 is 5.73 Å². The summed E-state index contributed by atoms with van der Waals surface area (Å²) in [5.74, 6) is 0. The van der Waals surface area contributed by atoms with E-state index in [2.05, 4.69) is 19.6 Å². The molecular formula is C8H20ClNS. The van der Waals surface area contributed by atoms with E-state index in [1.807, 2.05) is 6.92 Å². The summed E-state index contributed by atoms with van der Waals surface area (Å²) in [6.45, 7) is 4.17. The smallest absolute Gasteiger partial charge is 0.0562 e. The minimum Gasteiger partial charge on any atom is -0.317 e. The lowest BCUT2D eigenvalue weighted by Crippen LogP contribution is -2.28. The number of halogens is 1. The maximum absolute atomic E-state index is 5.68. The fourth-order valence-corrected chi connectivity index (χ4v) is 1.07. The molecule has 0 rings (SSSR count). The topological polar surface area (TPSA) is 26.0 Å². The molecule has 0 aliphatic carbocycles. The summed E-state index contributed by atoms with van der Waals surface area (Å²) < 4.78 is 0. The van der Waals surface area contributed by atoms with E-state index in [0.717, 1.165) is 6.42 Å². The lowest BCUT2D eigenvalue weighted by molar-refractivity contribution is 0.546. The second-order valence-electron chi connectivity index (χ2n) is 3.17. The Labute approximate surface area is 81.9 Å². The molecule has 11 heavy (non-hydrogen) atoms. The van der Waals surface area contributed by atoms with Crippen LogP contribution in [0.1, 0.15) is 46.0 Å². The van der Waals surface area contributed by atoms with Crippen LogP contribution in [0.15, 0.2) is 0 Å². The molecule has 0 aromatic rings. The summed E-state index contributed by atoms with van der Waals surface area (Å²) in [6.07, 6.45) is 6.14. The van der Waals surface area contributed by atoms with Crippen molar-refractivity contribution in [3.05, 3.63) is 0 Å². The number of hydrogen-bond donors (Lipinski definition) is 2. The first-order valence-electron chi connectivity index (χ1n) is 4.07. The molecule has 1 nitrogen and oxygen atoms in total. The molecule has 3 heteroatoms. The minimum atomic E-state index is -0.256. The molecule has 1 unspecified atom stereocenters. The van der Waals surface area contributed by atoms with Crippen molar-refractivity contribution in [2.24, 2.45) is 5.73 Å². The van der Waals surface area contributed by atoms with Gasteiger partial charge in [0.05, 0.1) is 4.87 Å².